The molecule has 0 bridgehead atoms. The molecule has 1 atom stereocenters. The van der Waals surface area contributed by atoms with E-state index in [1.54, 1.807) is 0 Å². The molecule has 1 aromatic heterocycles. The standard InChI is InChI=1S/C23H37N5O3/c1-4-24-22(30)28(19-5-6-19)20-8-14-31-23(16-20)9-12-26(13-10-23)21(29)7-11-27-18(3)15-17(2)25-27/h15,19-20H,4-14,16H2,1-3H3,(H,24,30). The number of hydrogen-bond acceptors (Lipinski definition) is 4. The van der Waals surface area contributed by atoms with Crippen LogP contribution in [-0.2, 0) is 16.1 Å². The maximum absolute atomic E-state index is 12.8. The van der Waals surface area contributed by atoms with Gasteiger partial charge < -0.3 is 19.9 Å². The molecule has 8 heteroatoms. The van der Waals surface area contributed by atoms with Crippen LogP contribution in [0.1, 0.15) is 63.3 Å². The number of rotatable bonds is 6. The normalized spacial score (nSPS) is 23.1. The SMILES string of the molecule is CCNC(=O)N(C1CC1)C1CCOC2(CCN(C(=O)CCn3nc(C)cc3C)CC2)C1. The summed E-state index contributed by atoms with van der Waals surface area (Å²) in [6.45, 7) is 9.41. The Bertz CT molecular complexity index is 795. The molecule has 1 aliphatic carbocycles. The summed E-state index contributed by atoms with van der Waals surface area (Å²) in [7, 11) is 0. The first-order valence-corrected chi connectivity index (χ1v) is 11.9. The van der Waals surface area contributed by atoms with Crippen LogP contribution in [0, 0.1) is 13.8 Å². The number of amides is 3. The van der Waals surface area contributed by atoms with Crippen LogP contribution in [0.25, 0.3) is 0 Å². The van der Waals surface area contributed by atoms with Gasteiger partial charge in [-0.1, -0.05) is 0 Å². The fraction of sp³-hybridized carbons (Fsp3) is 0.783. The van der Waals surface area contributed by atoms with E-state index in [0.29, 0.717) is 32.2 Å². The molecule has 3 heterocycles. The number of nitrogens with one attached hydrogen (secondary N) is 1. The van der Waals surface area contributed by atoms with Crippen molar-refractivity contribution in [3.8, 4) is 0 Å². The zero-order valence-electron chi connectivity index (χ0n) is 19.2. The number of carbonyl (C=O) groups is 2. The Kier molecular flexibility index (Phi) is 6.55. The Balaban J connectivity index is 1.31. The molecule has 1 aromatic rings. The van der Waals surface area contributed by atoms with E-state index in [9.17, 15) is 9.59 Å². The van der Waals surface area contributed by atoms with Crippen LogP contribution in [0.15, 0.2) is 6.07 Å². The molecular weight excluding hydrogens is 394 g/mol. The summed E-state index contributed by atoms with van der Waals surface area (Å²) in [5.74, 6) is 0.191. The highest BCUT2D eigenvalue weighted by Crippen LogP contribution is 2.40. The van der Waals surface area contributed by atoms with E-state index < -0.39 is 0 Å². The fourth-order valence-electron chi connectivity index (χ4n) is 5.24. The van der Waals surface area contributed by atoms with Crippen LogP contribution >= 0.6 is 0 Å². The molecule has 2 saturated heterocycles. The van der Waals surface area contributed by atoms with Crippen molar-refractivity contribution >= 4 is 11.9 Å². The smallest absolute Gasteiger partial charge is 0.317 e. The van der Waals surface area contributed by atoms with Crippen molar-refractivity contribution in [2.24, 2.45) is 0 Å². The predicted molar refractivity (Wildman–Crippen MR) is 118 cm³/mol. The second kappa shape index (κ2) is 9.18. The van der Waals surface area contributed by atoms with Crippen LogP contribution in [-0.4, -0.2) is 75.4 Å². The molecular formula is C23H37N5O3. The predicted octanol–water partition coefficient (Wildman–Crippen LogP) is 2.62. The van der Waals surface area contributed by atoms with Gasteiger partial charge in [-0.15, -0.1) is 0 Å². The first-order valence-electron chi connectivity index (χ1n) is 11.9. The molecule has 1 unspecified atom stereocenters. The van der Waals surface area contributed by atoms with E-state index in [-0.39, 0.29) is 23.6 Å². The summed E-state index contributed by atoms with van der Waals surface area (Å²) in [6, 6.07) is 2.74. The van der Waals surface area contributed by atoms with Gasteiger partial charge in [-0.2, -0.15) is 5.10 Å². The molecule has 0 radical (unpaired) electrons. The highest BCUT2D eigenvalue weighted by Gasteiger charge is 2.46. The summed E-state index contributed by atoms with van der Waals surface area (Å²) < 4.78 is 8.21. The Labute approximate surface area is 185 Å². The quantitative estimate of drug-likeness (QED) is 0.751. The Hall–Kier alpha value is -2.09. The lowest BCUT2D eigenvalue weighted by Crippen LogP contribution is -2.57. The molecule has 1 saturated carbocycles. The average molecular weight is 432 g/mol. The lowest BCUT2D eigenvalue weighted by atomic mass is 9.81. The third-order valence-electron chi connectivity index (χ3n) is 7.03. The number of hydrogen-bond donors (Lipinski definition) is 1. The maximum Gasteiger partial charge on any atom is 0.317 e. The van der Waals surface area contributed by atoms with E-state index >= 15 is 0 Å². The molecule has 0 aromatic carbocycles. The molecule has 2 aliphatic heterocycles. The minimum Gasteiger partial charge on any atom is -0.375 e. The lowest BCUT2D eigenvalue weighted by molar-refractivity contribution is -0.148. The minimum atomic E-state index is -0.199. The maximum atomic E-state index is 12.8. The lowest BCUT2D eigenvalue weighted by Gasteiger charge is -2.48. The van der Waals surface area contributed by atoms with Crippen molar-refractivity contribution in [1.82, 2.24) is 24.9 Å². The van der Waals surface area contributed by atoms with E-state index in [0.717, 1.165) is 63.0 Å². The summed E-state index contributed by atoms with van der Waals surface area (Å²) in [5, 5.41) is 7.45. The van der Waals surface area contributed by atoms with Crippen LogP contribution in [0.3, 0.4) is 0 Å². The molecule has 8 nitrogen and oxygen atoms in total. The zero-order chi connectivity index (χ0) is 22.0. The van der Waals surface area contributed by atoms with Crippen LogP contribution in [0.4, 0.5) is 4.79 Å². The van der Waals surface area contributed by atoms with Crippen molar-refractivity contribution in [2.75, 3.05) is 26.2 Å². The number of aromatic nitrogens is 2. The van der Waals surface area contributed by atoms with E-state index in [4.69, 9.17) is 4.74 Å². The Morgan fingerprint density at radius 2 is 1.97 bits per heavy atom. The van der Waals surface area contributed by atoms with Crippen LogP contribution in [0.5, 0.6) is 0 Å². The van der Waals surface area contributed by atoms with Crippen molar-refractivity contribution in [1.29, 1.82) is 0 Å². The fourth-order valence-corrected chi connectivity index (χ4v) is 5.24. The zero-order valence-corrected chi connectivity index (χ0v) is 19.2. The number of nitrogens with zero attached hydrogens (tertiary/aromatic N) is 4. The molecule has 172 valence electrons. The van der Waals surface area contributed by atoms with E-state index in [2.05, 4.69) is 15.3 Å². The molecule has 1 spiro atoms. The number of aryl methyl sites for hydroxylation is 3. The molecule has 4 rings (SSSR count). The molecule has 3 amide bonds. The van der Waals surface area contributed by atoms with Gasteiger partial charge in [0.05, 0.1) is 11.3 Å². The van der Waals surface area contributed by atoms with Gasteiger partial charge in [0.15, 0.2) is 0 Å². The third-order valence-corrected chi connectivity index (χ3v) is 7.03. The van der Waals surface area contributed by atoms with Crippen LogP contribution in [0.2, 0.25) is 0 Å². The summed E-state index contributed by atoms with van der Waals surface area (Å²) in [5.41, 5.74) is 1.88. The van der Waals surface area contributed by atoms with Gasteiger partial charge in [-0.05, 0) is 65.4 Å². The number of likely N-dealkylation sites (tertiary alicyclic amines) is 1. The van der Waals surface area contributed by atoms with E-state index in [1.165, 1.54) is 0 Å². The minimum absolute atomic E-state index is 0.0730. The van der Waals surface area contributed by atoms with E-state index in [1.807, 2.05) is 36.4 Å². The van der Waals surface area contributed by atoms with Gasteiger partial charge in [0, 0.05) is 57.0 Å². The summed E-state index contributed by atoms with van der Waals surface area (Å²) in [6.07, 6.45) is 6.18. The largest absolute Gasteiger partial charge is 0.375 e. The molecule has 3 aliphatic rings. The number of piperidine rings is 1. The highest BCUT2D eigenvalue weighted by molar-refractivity contribution is 5.76. The number of urea groups is 1. The molecule has 3 fully saturated rings. The van der Waals surface area contributed by atoms with Crippen LogP contribution < -0.4 is 5.32 Å². The number of ether oxygens (including phenoxy) is 1. The first kappa shape index (κ1) is 22.1. The monoisotopic (exact) mass is 431 g/mol. The van der Waals surface area contributed by atoms with Gasteiger partial charge in [0.2, 0.25) is 5.91 Å². The topological polar surface area (TPSA) is 79.7 Å². The Morgan fingerprint density at radius 1 is 1.23 bits per heavy atom. The summed E-state index contributed by atoms with van der Waals surface area (Å²) >= 11 is 0. The molecule has 1 N–H and O–H groups in total. The van der Waals surface area contributed by atoms with Gasteiger partial charge in [-0.3, -0.25) is 9.48 Å². The number of carbonyl (C=O) groups excluding carboxylic acids is 2. The van der Waals surface area contributed by atoms with Gasteiger partial charge in [-0.25, -0.2) is 4.79 Å². The molecule has 31 heavy (non-hydrogen) atoms. The van der Waals surface area contributed by atoms with Crippen molar-refractivity contribution in [3.05, 3.63) is 17.5 Å². The average Bonchev–Trinajstić information content (AvgIpc) is 3.51. The third kappa shape index (κ3) is 5.05. The van der Waals surface area contributed by atoms with Gasteiger partial charge in [0.1, 0.15) is 0 Å². The Morgan fingerprint density at radius 3 is 2.58 bits per heavy atom. The second-order valence-corrected chi connectivity index (χ2v) is 9.43. The second-order valence-electron chi connectivity index (χ2n) is 9.43. The van der Waals surface area contributed by atoms with Crippen molar-refractivity contribution < 1.29 is 14.3 Å². The highest BCUT2D eigenvalue weighted by atomic mass is 16.5. The van der Waals surface area contributed by atoms with Gasteiger partial charge in [0.25, 0.3) is 0 Å². The first-order chi connectivity index (χ1) is 14.9. The summed E-state index contributed by atoms with van der Waals surface area (Å²) in [4.78, 5) is 29.5. The van der Waals surface area contributed by atoms with Crippen molar-refractivity contribution in [3.63, 3.8) is 0 Å². The van der Waals surface area contributed by atoms with Crippen molar-refractivity contribution in [2.45, 2.75) is 89.9 Å². The van der Waals surface area contributed by atoms with Gasteiger partial charge >= 0.3 is 6.03 Å².